The number of rotatable bonds is 7. The van der Waals surface area contributed by atoms with E-state index in [1.54, 1.807) is 31.5 Å². The topological polar surface area (TPSA) is 111 Å². The van der Waals surface area contributed by atoms with Gasteiger partial charge in [-0.2, -0.15) is 5.10 Å². The zero-order valence-corrected chi connectivity index (χ0v) is 14.9. The number of hydrogen-bond acceptors (Lipinski definition) is 7. The molecule has 0 atom stereocenters. The SMILES string of the molecule is CCOc1cc(/C=N/NC(=S)NC)ccc1Oc1ccc([N+](=O)[O-])cn1. The van der Waals surface area contributed by atoms with Crippen molar-refractivity contribution >= 4 is 29.2 Å². The van der Waals surface area contributed by atoms with E-state index in [0.29, 0.717) is 23.2 Å². The Bertz CT molecular complexity index is 811. The Morgan fingerprint density at radius 2 is 2.19 bits per heavy atom. The van der Waals surface area contributed by atoms with Gasteiger partial charge in [0.2, 0.25) is 5.88 Å². The Balaban J connectivity index is 2.17. The summed E-state index contributed by atoms with van der Waals surface area (Å²) in [5.41, 5.74) is 3.31. The first-order chi connectivity index (χ1) is 12.5. The summed E-state index contributed by atoms with van der Waals surface area (Å²) in [6, 6.07) is 7.96. The van der Waals surface area contributed by atoms with Gasteiger partial charge in [0.15, 0.2) is 16.6 Å². The third-order valence-electron chi connectivity index (χ3n) is 3.02. The third kappa shape index (κ3) is 5.38. The first-order valence-electron chi connectivity index (χ1n) is 7.59. The van der Waals surface area contributed by atoms with E-state index in [1.165, 1.54) is 12.1 Å². The lowest BCUT2D eigenvalue weighted by atomic mass is 10.2. The van der Waals surface area contributed by atoms with Gasteiger partial charge in [0, 0.05) is 19.2 Å². The summed E-state index contributed by atoms with van der Waals surface area (Å²) in [4.78, 5) is 14.1. The fourth-order valence-corrected chi connectivity index (χ4v) is 1.89. The van der Waals surface area contributed by atoms with E-state index in [9.17, 15) is 10.1 Å². The molecule has 1 aromatic heterocycles. The molecule has 0 saturated heterocycles. The molecule has 2 N–H and O–H groups in total. The van der Waals surface area contributed by atoms with Crippen LogP contribution in [-0.4, -0.2) is 34.9 Å². The maximum Gasteiger partial charge on any atom is 0.287 e. The first-order valence-corrected chi connectivity index (χ1v) is 8.00. The molecular weight excluding hydrogens is 358 g/mol. The molecule has 0 aliphatic carbocycles. The molecule has 1 aromatic carbocycles. The summed E-state index contributed by atoms with van der Waals surface area (Å²) < 4.78 is 11.2. The number of benzene rings is 1. The maximum atomic E-state index is 10.7. The van der Waals surface area contributed by atoms with Crippen molar-refractivity contribution in [3.05, 3.63) is 52.2 Å². The lowest BCUT2D eigenvalue weighted by Gasteiger charge is -2.11. The van der Waals surface area contributed by atoms with Gasteiger partial charge < -0.3 is 14.8 Å². The molecule has 0 aliphatic heterocycles. The van der Waals surface area contributed by atoms with Crippen molar-refractivity contribution in [2.24, 2.45) is 5.10 Å². The van der Waals surface area contributed by atoms with Crippen molar-refractivity contribution < 1.29 is 14.4 Å². The van der Waals surface area contributed by atoms with Gasteiger partial charge in [-0.3, -0.25) is 15.5 Å². The average Bonchev–Trinajstić information content (AvgIpc) is 2.64. The second-order valence-electron chi connectivity index (χ2n) is 4.80. The highest BCUT2D eigenvalue weighted by atomic mass is 32.1. The van der Waals surface area contributed by atoms with Crippen LogP contribution in [0, 0.1) is 10.1 Å². The molecule has 0 amide bonds. The maximum absolute atomic E-state index is 10.7. The number of nitrogens with zero attached hydrogens (tertiary/aromatic N) is 3. The van der Waals surface area contributed by atoms with Crippen molar-refractivity contribution in [1.29, 1.82) is 0 Å². The second-order valence-corrected chi connectivity index (χ2v) is 5.21. The van der Waals surface area contributed by atoms with Crippen LogP contribution in [0.3, 0.4) is 0 Å². The van der Waals surface area contributed by atoms with Gasteiger partial charge in [-0.15, -0.1) is 0 Å². The molecule has 10 heteroatoms. The molecule has 0 fully saturated rings. The van der Waals surface area contributed by atoms with Crippen LogP contribution < -0.4 is 20.2 Å². The number of aromatic nitrogens is 1. The monoisotopic (exact) mass is 375 g/mol. The summed E-state index contributed by atoms with van der Waals surface area (Å²) in [6.45, 7) is 2.29. The van der Waals surface area contributed by atoms with Crippen molar-refractivity contribution in [2.45, 2.75) is 6.92 Å². The van der Waals surface area contributed by atoms with E-state index in [0.717, 1.165) is 11.8 Å². The summed E-state index contributed by atoms with van der Waals surface area (Å²) in [6.07, 6.45) is 2.72. The van der Waals surface area contributed by atoms with Crippen molar-refractivity contribution in [2.75, 3.05) is 13.7 Å². The molecule has 0 bridgehead atoms. The number of pyridine rings is 1. The highest BCUT2D eigenvalue weighted by molar-refractivity contribution is 7.80. The molecule has 0 radical (unpaired) electrons. The Morgan fingerprint density at radius 3 is 2.81 bits per heavy atom. The molecule has 136 valence electrons. The molecule has 2 rings (SSSR count). The van der Waals surface area contributed by atoms with Crippen molar-refractivity contribution in [3.8, 4) is 17.4 Å². The van der Waals surface area contributed by atoms with Gasteiger partial charge in [0.1, 0.15) is 6.20 Å². The summed E-state index contributed by atoms with van der Waals surface area (Å²) >= 11 is 4.93. The predicted octanol–water partition coefficient (Wildman–Crippen LogP) is 2.61. The summed E-state index contributed by atoms with van der Waals surface area (Å²) in [7, 11) is 1.69. The molecule has 0 saturated carbocycles. The van der Waals surface area contributed by atoms with Crippen molar-refractivity contribution in [1.82, 2.24) is 15.7 Å². The number of nitrogens with one attached hydrogen (secondary N) is 2. The van der Waals surface area contributed by atoms with Crippen LogP contribution in [0.4, 0.5) is 5.69 Å². The van der Waals surface area contributed by atoms with Crippen LogP contribution >= 0.6 is 12.2 Å². The Morgan fingerprint density at radius 1 is 1.38 bits per heavy atom. The molecule has 9 nitrogen and oxygen atoms in total. The van der Waals surface area contributed by atoms with E-state index >= 15 is 0 Å². The zero-order valence-electron chi connectivity index (χ0n) is 14.1. The molecule has 1 heterocycles. The molecule has 0 aliphatic rings. The number of hydrogen-bond donors (Lipinski definition) is 2. The first kappa shape index (κ1) is 19.1. The highest BCUT2D eigenvalue weighted by Crippen LogP contribution is 2.32. The molecule has 26 heavy (non-hydrogen) atoms. The third-order valence-corrected chi connectivity index (χ3v) is 3.32. The Labute approximate surface area is 155 Å². The van der Waals surface area contributed by atoms with Crippen LogP contribution in [0.1, 0.15) is 12.5 Å². The number of thiocarbonyl (C=S) groups is 1. The fourth-order valence-electron chi connectivity index (χ4n) is 1.83. The van der Waals surface area contributed by atoms with Gasteiger partial charge >= 0.3 is 0 Å². The minimum atomic E-state index is -0.524. The molecular formula is C16H17N5O4S. The minimum Gasteiger partial charge on any atom is -0.490 e. The Kier molecular flexibility index (Phi) is 6.80. The van der Waals surface area contributed by atoms with Crippen LogP contribution in [0.15, 0.2) is 41.6 Å². The van der Waals surface area contributed by atoms with Crippen molar-refractivity contribution in [3.63, 3.8) is 0 Å². The number of hydrazone groups is 1. The summed E-state index contributed by atoms with van der Waals surface area (Å²) in [5, 5.41) is 17.8. The number of ether oxygens (including phenoxy) is 2. The standard InChI is InChI=1S/C16H17N5O4S/c1-3-24-14-8-11(9-19-20-16(26)17-2)4-6-13(14)25-15-7-5-12(10-18-15)21(22)23/h4-10H,3H2,1-2H3,(H2,17,20,26)/b19-9+. The van der Waals surface area contributed by atoms with Crippen LogP contribution in [0.5, 0.6) is 17.4 Å². The van der Waals surface area contributed by atoms with E-state index < -0.39 is 4.92 Å². The summed E-state index contributed by atoms with van der Waals surface area (Å²) in [5.74, 6) is 1.15. The normalized spacial score (nSPS) is 10.4. The zero-order chi connectivity index (χ0) is 18.9. The quantitative estimate of drug-likeness (QED) is 0.329. The largest absolute Gasteiger partial charge is 0.490 e. The predicted molar refractivity (Wildman–Crippen MR) is 101 cm³/mol. The highest BCUT2D eigenvalue weighted by Gasteiger charge is 2.10. The lowest BCUT2D eigenvalue weighted by Crippen LogP contribution is -2.28. The minimum absolute atomic E-state index is 0.110. The fraction of sp³-hybridized carbons (Fsp3) is 0.188. The van der Waals surface area contributed by atoms with Crippen LogP contribution in [-0.2, 0) is 0 Å². The van der Waals surface area contributed by atoms with Gasteiger partial charge in [-0.25, -0.2) is 4.98 Å². The molecule has 2 aromatic rings. The Hall–Kier alpha value is -3.27. The van der Waals surface area contributed by atoms with Gasteiger partial charge in [0.25, 0.3) is 5.69 Å². The molecule has 0 spiro atoms. The van der Waals surface area contributed by atoms with E-state index in [-0.39, 0.29) is 11.6 Å². The van der Waals surface area contributed by atoms with E-state index in [1.807, 2.05) is 6.92 Å². The van der Waals surface area contributed by atoms with E-state index in [2.05, 4.69) is 20.8 Å². The van der Waals surface area contributed by atoms with Gasteiger partial charge in [0.05, 0.1) is 17.7 Å². The smallest absolute Gasteiger partial charge is 0.287 e. The van der Waals surface area contributed by atoms with E-state index in [4.69, 9.17) is 21.7 Å². The average molecular weight is 375 g/mol. The lowest BCUT2D eigenvalue weighted by molar-refractivity contribution is -0.385. The van der Waals surface area contributed by atoms with Crippen LogP contribution in [0.25, 0.3) is 0 Å². The van der Waals surface area contributed by atoms with Gasteiger partial charge in [-0.05, 0) is 42.9 Å². The van der Waals surface area contributed by atoms with Gasteiger partial charge in [-0.1, -0.05) is 0 Å². The van der Waals surface area contributed by atoms with Crippen LogP contribution in [0.2, 0.25) is 0 Å². The molecule has 0 unspecified atom stereocenters. The number of nitro groups is 1. The second kappa shape index (κ2) is 9.28.